The Kier molecular flexibility index (Phi) is 4.51. The van der Waals surface area contributed by atoms with Gasteiger partial charge in [0.1, 0.15) is 0 Å². The number of benzene rings is 2. The van der Waals surface area contributed by atoms with Gasteiger partial charge in [0.2, 0.25) is 11.5 Å². The third-order valence-electron chi connectivity index (χ3n) is 3.16. The number of ether oxygens (including phenoxy) is 3. The molecule has 7 heteroatoms. The molecule has 0 bridgehead atoms. The fraction of sp³-hybridized carbons (Fsp3) is 0.235. The van der Waals surface area contributed by atoms with Gasteiger partial charge >= 0.3 is 6.09 Å². The number of carbonyl (C=O) groups excluding carboxylic acids is 1. The number of nitrogens with zero attached hydrogens (tertiary/aromatic N) is 1. The van der Waals surface area contributed by atoms with Crippen molar-refractivity contribution < 1.29 is 19.0 Å². The Morgan fingerprint density at radius 3 is 2.58 bits per heavy atom. The molecule has 1 aliphatic heterocycles. The Morgan fingerprint density at radius 1 is 1.17 bits per heavy atom. The van der Waals surface area contributed by atoms with E-state index in [1.807, 2.05) is 12.1 Å². The van der Waals surface area contributed by atoms with Crippen molar-refractivity contribution in [3.05, 3.63) is 47.5 Å². The molecule has 1 heterocycles. The van der Waals surface area contributed by atoms with Crippen molar-refractivity contribution in [2.75, 3.05) is 7.05 Å². The number of rotatable bonds is 3. The molecule has 24 heavy (non-hydrogen) atoms. The molecule has 0 unspecified atom stereocenters. The third-order valence-corrected chi connectivity index (χ3v) is 4.31. The Labute approximate surface area is 149 Å². The van der Waals surface area contributed by atoms with Crippen LogP contribution in [0.25, 0.3) is 0 Å². The zero-order chi connectivity index (χ0) is 17.3. The highest BCUT2D eigenvalue weighted by Crippen LogP contribution is 2.45. The van der Waals surface area contributed by atoms with Crippen molar-refractivity contribution in [1.29, 1.82) is 0 Å². The summed E-state index contributed by atoms with van der Waals surface area (Å²) in [6, 6.07) is 12.4. The first-order valence-corrected chi connectivity index (χ1v) is 8.39. The Balaban J connectivity index is 1.69. The van der Waals surface area contributed by atoms with Gasteiger partial charge in [0.05, 0.1) is 0 Å². The molecule has 0 atom stereocenters. The van der Waals surface area contributed by atoms with E-state index in [0.29, 0.717) is 22.3 Å². The zero-order valence-electron chi connectivity index (χ0n) is 13.4. The number of fused-ring (bicyclic) bond motifs is 1. The highest BCUT2D eigenvalue weighted by Gasteiger charge is 2.34. The van der Waals surface area contributed by atoms with Gasteiger partial charge in [0, 0.05) is 30.8 Å². The summed E-state index contributed by atoms with van der Waals surface area (Å²) in [5.41, 5.74) is 0. The van der Waals surface area contributed by atoms with Gasteiger partial charge < -0.3 is 14.2 Å². The molecule has 0 saturated heterocycles. The number of carbonyl (C=O) groups is 1. The quantitative estimate of drug-likeness (QED) is 0.717. The molecule has 5 nitrogen and oxygen atoms in total. The molecule has 1 amide bonds. The van der Waals surface area contributed by atoms with Crippen molar-refractivity contribution in [3.63, 3.8) is 0 Å². The molecule has 126 valence electrons. The molecular weight excluding hydrogens is 350 g/mol. The molecule has 0 N–H and O–H groups in total. The van der Waals surface area contributed by atoms with E-state index >= 15 is 0 Å². The van der Waals surface area contributed by atoms with Crippen LogP contribution < -0.4 is 14.2 Å². The summed E-state index contributed by atoms with van der Waals surface area (Å²) in [4.78, 5) is 13.2. The number of para-hydroxylation sites is 1. The highest BCUT2D eigenvalue weighted by atomic mass is 35.5. The van der Waals surface area contributed by atoms with Crippen LogP contribution >= 0.6 is 23.5 Å². The van der Waals surface area contributed by atoms with Gasteiger partial charge in [-0.3, -0.25) is 0 Å². The van der Waals surface area contributed by atoms with Crippen molar-refractivity contribution in [3.8, 4) is 17.2 Å². The summed E-state index contributed by atoms with van der Waals surface area (Å²) in [6.07, 6.45) is -0.517. The fourth-order valence-corrected chi connectivity index (χ4v) is 2.95. The van der Waals surface area contributed by atoms with Crippen LogP contribution in [0.15, 0.2) is 47.4 Å². The summed E-state index contributed by atoms with van der Waals surface area (Å²) in [5, 5.41) is 0.643. The van der Waals surface area contributed by atoms with E-state index in [1.165, 1.54) is 16.3 Å². The molecular formula is C17H16ClNO4S. The molecule has 2 aromatic rings. The lowest BCUT2D eigenvalue weighted by Crippen LogP contribution is -2.30. The van der Waals surface area contributed by atoms with E-state index in [-0.39, 0.29) is 0 Å². The summed E-state index contributed by atoms with van der Waals surface area (Å²) in [7, 11) is 1.63. The number of halogens is 1. The summed E-state index contributed by atoms with van der Waals surface area (Å²) in [5.74, 6) is 0.528. The standard InChI is InChI=1S/C17H16ClNO4S/c1-17(2)22-14-6-4-5-13(15(14)23-17)21-16(20)19(3)24-12-9-7-11(18)8-10-12/h4-10H,1-3H3. The second kappa shape index (κ2) is 6.45. The maximum Gasteiger partial charge on any atom is 0.425 e. The summed E-state index contributed by atoms with van der Waals surface area (Å²) < 4.78 is 18.2. The first-order valence-electron chi connectivity index (χ1n) is 7.24. The molecule has 2 aromatic carbocycles. The molecule has 0 aromatic heterocycles. The molecule has 0 fully saturated rings. The fourth-order valence-electron chi connectivity index (χ4n) is 2.14. The van der Waals surface area contributed by atoms with Gasteiger partial charge in [-0.05, 0) is 48.3 Å². The normalized spacial score (nSPS) is 14.3. The molecule has 1 aliphatic rings. The Hall–Kier alpha value is -2.05. The number of hydrogen-bond donors (Lipinski definition) is 0. The van der Waals surface area contributed by atoms with Crippen LogP contribution in [0.3, 0.4) is 0 Å². The van der Waals surface area contributed by atoms with E-state index in [9.17, 15) is 4.79 Å². The molecule has 0 aliphatic carbocycles. The van der Waals surface area contributed by atoms with E-state index in [4.69, 9.17) is 25.8 Å². The highest BCUT2D eigenvalue weighted by molar-refractivity contribution is 7.97. The van der Waals surface area contributed by atoms with Gasteiger partial charge in [0.15, 0.2) is 11.5 Å². The smallest absolute Gasteiger partial charge is 0.425 e. The van der Waals surface area contributed by atoms with Crippen LogP contribution in [-0.2, 0) is 0 Å². The largest absolute Gasteiger partial charge is 0.449 e. The average molecular weight is 366 g/mol. The van der Waals surface area contributed by atoms with E-state index < -0.39 is 11.9 Å². The molecule has 0 spiro atoms. The average Bonchev–Trinajstić information content (AvgIpc) is 2.84. The van der Waals surface area contributed by atoms with E-state index in [0.717, 1.165) is 4.90 Å². The first-order chi connectivity index (χ1) is 11.3. The zero-order valence-corrected chi connectivity index (χ0v) is 15.0. The predicted octanol–water partition coefficient (Wildman–Crippen LogP) is 4.99. The van der Waals surface area contributed by atoms with Crippen molar-refractivity contribution in [2.24, 2.45) is 0 Å². The van der Waals surface area contributed by atoms with Gasteiger partial charge in [-0.25, -0.2) is 9.10 Å². The van der Waals surface area contributed by atoms with E-state index in [2.05, 4.69) is 0 Å². The maximum atomic E-state index is 12.3. The minimum absolute atomic E-state index is 0.326. The monoisotopic (exact) mass is 365 g/mol. The van der Waals surface area contributed by atoms with Crippen molar-refractivity contribution in [2.45, 2.75) is 24.5 Å². The van der Waals surface area contributed by atoms with Crippen LogP contribution in [0, 0.1) is 0 Å². The van der Waals surface area contributed by atoms with Gasteiger partial charge in [-0.1, -0.05) is 17.7 Å². The Bertz CT molecular complexity index is 764. The Morgan fingerprint density at radius 2 is 1.88 bits per heavy atom. The van der Waals surface area contributed by atoms with Crippen LogP contribution in [0.4, 0.5) is 4.79 Å². The van der Waals surface area contributed by atoms with Crippen molar-refractivity contribution >= 4 is 29.6 Å². The molecule has 0 radical (unpaired) electrons. The van der Waals surface area contributed by atoms with Crippen LogP contribution in [0.1, 0.15) is 13.8 Å². The van der Waals surface area contributed by atoms with E-state index in [1.54, 1.807) is 51.2 Å². The number of hydrogen-bond acceptors (Lipinski definition) is 5. The topological polar surface area (TPSA) is 48.0 Å². The molecule has 3 rings (SSSR count). The summed E-state index contributed by atoms with van der Waals surface area (Å²) in [6.45, 7) is 3.59. The minimum atomic E-state index is -0.783. The molecule has 0 saturated carbocycles. The third kappa shape index (κ3) is 3.71. The lowest BCUT2D eigenvalue weighted by Gasteiger charge is -2.17. The van der Waals surface area contributed by atoms with Gasteiger partial charge in [-0.2, -0.15) is 0 Å². The number of amides is 1. The first kappa shape index (κ1) is 16.8. The lowest BCUT2D eigenvalue weighted by molar-refractivity contribution is -0.0439. The van der Waals surface area contributed by atoms with Crippen molar-refractivity contribution in [1.82, 2.24) is 4.31 Å². The van der Waals surface area contributed by atoms with Gasteiger partial charge in [-0.15, -0.1) is 0 Å². The van der Waals surface area contributed by atoms with Gasteiger partial charge in [0.25, 0.3) is 0 Å². The second-order valence-corrected chi connectivity index (χ2v) is 7.24. The van der Waals surface area contributed by atoms with Crippen LogP contribution in [0.2, 0.25) is 5.02 Å². The second-order valence-electron chi connectivity index (χ2n) is 5.60. The maximum absolute atomic E-state index is 12.3. The summed E-state index contributed by atoms with van der Waals surface area (Å²) >= 11 is 7.10. The lowest BCUT2D eigenvalue weighted by atomic mass is 10.3. The SMILES string of the molecule is CN(Sc1ccc(Cl)cc1)C(=O)Oc1cccc2c1OC(C)(C)O2. The van der Waals surface area contributed by atoms with Crippen LogP contribution in [0.5, 0.6) is 17.2 Å². The predicted molar refractivity (Wildman–Crippen MR) is 92.9 cm³/mol. The minimum Gasteiger partial charge on any atom is -0.449 e. The van der Waals surface area contributed by atoms with Crippen LogP contribution in [-0.4, -0.2) is 23.2 Å².